The van der Waals surface area contributed by atoms with Crippen LogP contribution < -0.4 is 10.1 Å². The third-order valence-corrected chi connectivity index (χ3v) is 7.57. The molecule has 4 atom stereocenters. The normalized spacial score (nSPS) is 24.8. The number of carbonyl (C=O) groups is 1. The lowest BCUT2D eigenvalue weighted by molar-refractivity contribution is 0.201. The van der Waals surface area contributed by atoms with Gasteiger partial charge in [-0.25, -0.2) is 4.79 Å². The first-order valence-electron chi connectivity index (χ1n) is 13.0. The average Bonchev–Trinajstić information content (AvgIpc) is 3.64. The smallest absolute Gasteiger partial charge is 0.317 e. The van der Waals surface area contributed by atoms with Crippen molar-refractivity contribution < 1.29 is 14.1 Å². The molecular formula is C28H34N6O3. The zero-order valence-corrected chi connectivity index (χ0v) is 21.8. The number of aromatic nitrogens is 2. The Kier molecular flexibility index (Phi) is 7.02. The highest BCUT2D eigenvalue weighted by atomic mass is 16.5. The van der Waals surface area contributed by atoms with E-state index in [1.54, 1.807) is 12.1 Å². The molecule has 194 valence electrons. The summed E-state index contributed by atoms with van der Waals surface area (Å²) in [5.74, 6) is 1.72. The number of benzene rings is 1. The second-order valence-corrected chi connectivity index (χ2v) is 10.6. The number of hydrogen-bond acceptors (Lipinski definition) is 7. The zero-order chi connectivity index (χ0) is 26.1. The zero-order valence-electron chi connectivity index (χ0n) is 21.8. The van der Waals surface area contributed by atoms with Crippen molar-refractivity contribution in [3.05, 3.63) is 53.4 Å². The van der Waals surface area contributed by atoms with E-state index in [-0.39, 0.29) is 30.0 Å². The third-order valence-electron chi connectivity index (χ3n) is 7.57. The Bertz CT molecular complexity index is 1260. The van der Waals surface area contributed by atoms with Crippen LogP contribution in [0.1, 0.15) is 50.4 Å². The predicted molar refractivity (Wildman–Crippen MR) is 139 cm³/mol. The van der Waals surface area contributed by atoms with Crippen molar-refractivity contribution in [1.29, 1.82) is 5.26 Å². The van der Waals surface area contributed by atoms with E-state index in [2.05, 4.69) is 47.7 Å². The fourth-order valence-electron chi connectivity index (χ4n) is 5.59. The third kappa shape index (κ3) is 5.12. The van der Waals surface area contributed by atoms with Crippen LogP contribution in [0.25, 0.3) is 11.5 Å². The molecule has 2 amide bonds. The molecule has 1 N–H and O–H groups in total. The Morgan fingerprint density at radius 1 is 1.30 bits per heavy atom. The highest BCUT2D eigenvalue weighted by Gasteiger charge is 2.40. The van der Waals surface area contributed by atoms with Crippen molar-refractivity contribution in [3.63, 3.8) is 0 Å². The quantitative estimate of drug-likeness (QED) is 0.634. The first-order valence-corrected chi connectivity index (χ1v) is 13.0. The summed E-state index contributed by atoms with van der Waals surface area (Å²) in [6.45, 7) is 5.40. The van der Waals surface area contributed by atoms with Gasteiger partial charge in [0.1, 0.15) is 11.8 Å². The molecule has 1 aliphatic heterocycles. The molecule has 9 nitrogen and oxygen atoms in total. The van der Waals surface area contributed by atoms with Crippen LogP contribution in [-0.4, -0.2) is 71.3 Å². The van der Waals surface area contributed by atoms with Gasteiger partial charge in [-0.3, -0.25) is 0 Å². The maximum atomic E-state index is 13.0. The maximum Gasteiger partial charge on any atom is 0.317 e. The summed E-state index contributed by atoms with van der Waals surface area (Å²) in [4.78, 5) is 21.8. The van der Waals surface area contributed by atoms with Gasteiger partial charge in [0.25, 0.3) is 5.89 Å². The minimum Gasteiger partial charge on any atom is -0.490 e. The summed E-state index contributed by atoms with van der Waals surface area (Å²) in [6, 6.07) is 7.95. The summed E-state index contributed by atoms with van der Waals surface area (Å²) >= 11 is 0. The van der Waals surface area contributed by atoms with E-state index >= 15 is 0 Å². The number of likely N-dealkylation sites (N-methyl/N-ethyl adjacent to an activating group) is 1. The molecule has 0 bridgehead atoms. The molecule has 1 aromatic heterocycles. The van der Waals surface area contributed by atoms with Gasteiger partial charge in [-0.1, -0.05) is 23.4 Å². The number of nitrogens with zero attached hydrogens (tertiary/aromatic N) is 5. The standard InChI is InChI=1S/C28H34N6O3/c1-17(2)36-25-11-8-18(14-19(25)15-29)27-31-26(32-37-27)23-7-5-6-22-21(23)9-10-24(22)30-28(35)34-13-12-20(16-34)33(3)4/h5-8,11,14,17,20-21,23-24H,9-10,12-13,16H2,1-4H3,(H,30,35)/t20-,21?,23?,24-/m0/s1. The highest BCUT2D eigenvalue weighted by molar-refractivity contribution is 5.75. The van der Waals surface area contributed by atoms with Crippen LogP contribution in [0.5, 0.6) is 5.75 Å². The molecule has 2 unspecified atom stereocenters. The highest BCUT2D eigenvalue weighted by Crippen LogP contribution is 2.44. The molecule has 0 spiro atoms. The number of rotatable bonds is 6. The first kappa shape index (κ1) is 25.0. The van der Waals surface area contributed by atoms with Gasteiger partial charge in [-0.15, -0.1) is 0 Å². The van der Waals surface area contributed by atoms with Crippen LogP contribution in [0.2, 0.25) is 0 Å². The van der Waals surface area contributed by atoms with E-state index in [4.69, 9.17) is 14.2 Å². The van der Waals surface area contributed by atoms with Gasteiger partial charge in [-0.05, 0) is 76.9 Å². The number of nitriles is 1. The van der Waals surface area contributed by atoms with Crippen LogP contribution in [-0.2, 0) is 0 Å². The predicted octanol–water partition coefficient (Wildman–Crippen LogP) is 4.10. The Labute approximate surface area is 217 Å². The van der Waals surface area contributed by atoms with Crippen molar-refractivity contribution in [3.8, 4) is 23.3 Å². The fraction of sp³-hybridized carbons (Fsp3) is 0.500. The molecular weight excluding hydrogens is 468 g/mol. The Morgan fingerprint density at radius 3 is 2.86 bits per heavy atom. The van der Waals surface area contributed by atoms with E-state index < -0.39 is 0 Å². The molecule has 2 aliphatic carbocycles. The summed E-state index contributed by atoms with van der Waals surface area (Å²) in [5.41, 5.74) is 2.33. The van der Waals surface area contributed by atoms with E-state index in [1.165, 1.54) is 5.57 Å². The van der Waals surface area contributed by atoms with Crippen molar-refractivity contribution >= 4 is 6.03 Å². The number of carbonyl (C=O) groups excluding carboxylic acids is 1. The number of amides is 2. The molecule has 3 aliphatic rings. The molecule has 1 aromatic carbocycles. The van der Waals surface area contributed by atoms with Crippen LogP contribution in [0.4, 0.5) is 4.79 Å². The summed E-state index contributed by atoms with van der Waals surface area (Å²) < 4.78 is 11.3. The number of ether oxygens (including phenoxy) is 1. The lowest BCUT2D eigenvalue weighted by atomic mass is 9.83. The van der Waals surface area contributed by atoms with Gasteiger partial charge in [0.15, 0.2) is 5.82 Å². The molecule has 2 fully saturated rings. The van der Waals surface area contributed by atoms with Crippen molar-refractivity contribution in [2.75, 3.05) is 27.2 Å². The van der Waals surface area contributed by atoms with Crippen LogP contribution in [0, 0.1) is 17.2 Å². The maximum absolute atomic E-state index is 13.0. The van der Waals surface area contributed by atoms with Gasteiger partial charge in [0, 0.05) is 30.6 Å². The van der Waals surface area contributed by atoms with Crippen molar-refractivity contribution in [2.24, 2.45) is 5.92 Å². The van der Waals surface area contributed by atoms with Gasteiger partial charge in [-0.2, -0.15) is 10.2 Å². The number of likely N-dealkylation sites (tertiary alicyclic amines) is 1. The fourth-order valence-corrected chi connectivity index (χ4v) is 5.59. The number of hydrogen-bond donors (Lipinski definition) is 1. The van der Waals surface area contributed by atoms with Gasteiger partial charge >= 0.3 is 6.03 Å². The summed E-state index contributed by atoms with van der Waals surface area (Å²) in [6.07, 6.45) is 9.06. The lowest BCUT2D eigenvalue weighted by Gasteiger charge is -2.26. The monoisotopic (exact) mass is 502 g/mol. The van der Waals surface area contributed by atoms with E-state index in [1.807, 2.05) is 30.9 Å². The van der Waals surface area contributed by atoms with Gasteiger partial charge < -0.3 is 24.4 Å². The molecule has 2 heterocycles. The number of urea groups is 1. The Balaban J connectivity index is 1.27. The molecule has 0 radical (unpaired) electrons. The molecule has 5 rings (SSSR count). The van der Waals surface area contributed by atoms with Crippen molar-refractivity contribution in [2.45, 2.75) is 57.2 Å². The van der Waals surface area contributed by atoms with E-state index in [9.17, 15) is 10.1 Å². The van der Waals surface area contributed by atoms with Gasteiger partial charge in [0.05, 0.1) is 17.7 Å². The van der Waals surface area contributed by atoms with Crippen LogP contribution in [0.3, 0.4) is 0 Å². The minimum absolute atomic E-state index is 0.0152. The SMILES string of the molecule is CC(C)Oc1ccc(-c2nc(C3C=CC=C4C3CC[C@@H]4NC(=O)N3CC[C@H](N(C)C)C3)no2)cc1C#N. The summed E-state index contributed by atoms with van der Waals surface area (Å²) in [5, 5.41) is 17.1. The van der Waals surface area contributed by atoms with E-state index in [0.29, 0.717) is 34.6 Å². The topological polar surface area (TPSA) is 108 Å². The van der Waals surface area contributed by atoms with Gasteiger partial charge in [0.2, 0.25) is 0 Å². The second-order valence-electron chi connectivity index (χ2n) is 10.6. The number of nitrogens with one attached hydrogen (secondary N) is 1. The largest absolute Gasteiger partial charge is 0.490 e. The second kappa shape index (κ2) is 10.4. The molecule has 37 heavy (non-hydrogen) atoms. The lowest BCUT2D eigenvalue weighted by Crippen LogP contribution is -2.45. The van der Waals surface area contributed by atoms with Crippen molar-refractivity contribution in [1.82, 2.24) is 25.3 Å². The molecule has 9 heteroatoms. The van der Waals surface area contributed by atoms with E-state index in [0.717, 1.165) is 32.4 Å². The van der Waals surface area contributed by atoms with Crippen LogP contribution >= 0.6 is 0 Å². The van der Waals surface area contributed by atoms with Crippen LogP contribution in [0.15, 0.2) is 46.5 Å². The average molecular weight is 503 g/mol. The minimum atomic E-state index is -0.0290. The molecule has 1 saturated carbocycles. The first-order chi connectivity index (χ1) is 17.8. The number of allylic oxidation sites excluding steroid dienone is 3. The Hall–Kier alpha value is -3.64. The molecule has 1 saturated heterocycles. The Morgan fingerprint density at radius 2 is 2.14 bits per heavy atom. The summed E-state index contributed by atoms with van der Waals surface area (Å²) in [7, 11) is 4.13. The number of fused-ring (bicyclic) bond motifs is 1. The molecule has 2 aromatic rings.